The second kappa shape index (κ2) is 3.80. The molecule has 0 saturated heterocycles. The highest BCUT2D eigenvalue weighted by atomic mass is 32.1. The van der Waals surface area contributed by atoms with Crippen LogP contribution in [0.2, 0.25) is 0 Å². The number of allylic oxidation sites excluding steroid dienone is 1. The molecule has 0 aliphatic carbocycles. The SMILES string of the molecule is C#C/C=C\c1c(C)sc2cc(N)ccc12. The number of fused-ring (bicyclic) bond motifs is 1. The Morgan fingerprint density at radius 2 is 2.27 bits per heavy atom. The molecule has 0 atom stereocenters. The number of thiophene rings is 1. The fourth-order valence-electron chi connectivity index (χ4n) is 1.59. The Bertz CT molecular complexity index is 570. The zero-order valence-electron chi connectivity index (χ0n) is 8.45. The van der Waals surface area contributed by atoms with Crippen LogP contribution < -0.4 is 5.73 Å². The van der Waals surface area contributed by atoms with Gasteiger partial charge in [0.15, 0.2) is 0 Å². The van der Waals surface area contributed by atoms with Crippen molar-refractivity contribution in [2.75, 3.05) is 5.73 Å². The van der Waals surface area contributed by atoms with Crippen LogP contribution in [-0.4, -0.2) is 0 Å². The van der Waals surface area contributed by atoms with Gasteiger partial charge in [0.1, 0.15) is 0 Å². The standard InChI is InChI=1S/C13H11NS/c1-3-4-5-11-9(2)15-13-8-10(14)6-7-12(11)13/h1,4-8H,14H2,2H3/b5-4-. The predicted octanol–water partition coefficient (Wildman–Crippen LogP) is 3.44. The Balaban J connectivity index is 2.69. The summed E-state index contributed by atoms with van der Waals surface area (Å²) in [6, 6.07) is 5.96. The minimum absolute atomic E-state index is 0.802. The van der Waals surface area contributed by atoms with Crippen LogP contribution in [0.1, 0.15) is 10.4 Å². The van der Waals surface area contributed by atoms with Crippen molar-refractivity contribution in [2.24, 2.45) is 0 Å². The largest absolute Gasteiger partial charge is 0.399 e. The van der Waals surface area contributed by atoms with Crippen LogP contribution in [0.5, 0.6) is 0 Å². The molecule has 0 fully saturated rings. The van der Waals surface area contributed by atoms with Gasteiger partial charge in [-0.25, -0.2) is 0 Å². The molecule has 0 spiro atoms. The normalized spacial score (nSPS) is 10.9. The minimum atomic E-state index is 0.802. The van der Waals surface area contributed by atoms with Gasteiger partial charge in [0, 0.05) is 20.7 Å². The summed E-state index contributed by atoms with van der Waals surface area (Å²) in [4.78, 5) is 1.27. The molecular weight excluding hydrogens is 202 g/mol. The van der Waals surface area contributed by atoms with E-state index in [0.29, 0.717) is 0 Å². The third kappa shape index (κ3) is 1.74. The molecule has 0 unspecified atom stereocenters. The molecule has 2 aromatic rings. The molecule has 1 nitrogen and oxygen atoms in total. The first kappa shape index (κ1) is 9.82. The minimum Gasteiger partial charge on any atom is -0.399 e. The number of aryl methyl sites for hydroxylation is 1. The molecule has 0 aliphatic heterocycles. The molecule has 1 aromatic heterocycles. The molecule has 2 rings (SSSR count). The van der Waals surface area contributed by atoms with Gasteiger partial charge in [0.25, 0.3) is 0 Å². The Morgan fingerprint density at radius 1 is 1.47 bits per heavy atom. The number of nitrogen functional groups attached to an aromatic ring is 1. The zero-order chi connectivity index (χ0) is 10.8. The molecule has 2 N–H and O–H groups in total. The van der Waals surface area contributed by atoms with Gasteiger partial charge in [-0.1, -0.05) is 12.0 Å². The van der Waals surface area contributed by atoms with Crippen molar-refractivity contribution in [3.8, 4) is 12.3 Å². The third-order valence-electron chi connectivity index (χ3n) is 2.28. The van der Waals surface area contributed by atoms with Crippen molar-refractivity contribution < 1.29 is 0 Å². The van der Waals surface area contributed by atoms with Crippen LogP contribution in [0.4, 0.5) is 5.69 Å². The van der Waals surface area contributed by atoms with Gasteiger partial charge in [0.05, 0.1) is 0 Å². The van der Waals surface area contributed by atoms with E-state index in [2.05, 4.69) is 12.8 Å². The number of benzene rings is 1. The van der Waals surface area contributed by atoms with Crippen LogP contribution in [0.3, 0.4) is 0 Å². The average molecular weight is 213 g/mol. The number of rotatable bonds is 1. The van der Waals surface area contributed by atoms with Gasteiger partial charge >= 0.3 is 0 Å². The molecule has 0 amide bonds. The highest BCUT2D eigenvalue weighted by Gasteiger charge is 2.05. The van der Waals surface area contributed by atoms with E-state index in [1.165, 1.54) is 20.5 Å². The molecule has 0 saturated carbocycles. The smallest absolute Gasteiger partial charge is 0.0372 e. The summed E-state index contributed by atoms with van der Waals surface area (Å²) in [6.45, 7) is 2.09. The summed E-state index contributed by atoms with van der Waals surface area (Å²) in [5.41, 5.74) is 7.74. The van der Waals surface area contributed by atoms with Crippen LogP contribution in [0.25, 0.3) is 16.2 Å². The van der Waals surface area contributed by atoms with Crippen molar-refractivity contribution >= 4 is 33.2 Å². The fourth-order valence-corrected chi connectivity index (χ4v) is 2.69. The first-order valence-electron chi connectivity index (χ1n) is 4.63. The van der Waals surface area contributed by atoms with Crippen LogP contribution in [0, 0.1) is 19.3 Å². The summed E-state index contributed by atoms with van der Waals surface area (Å²) < 4.78 is 1.21. The summed E-state index contributed by atoms with van der Waals surface area (Å²) in [6.07, 6.45) is 8.91. The second-order valence-corrected chi connectivity index (χ2v) is 4.58. The molecule has 74 valence electrons. The van der Waals surface area contributed by atoms with Crippen molar-refractivity contribution in [3.63, 3.8) is 0 Å². The van der Waals surface area contributed by atoms with Crippen molar-refractivity contribution in [1.82, 2.24) is 0 Å². The Labute approximate surface area is 93.2 Å². The molecule has 1 aromatic carbocycles. The lowest BCUT2D eigenvalue weighted by molar-refractivity contribution is 1.62. The molecule has 1 heterocycles. The van der Waals surface area contributed by atoms with Gasteiger partial charge in [-0.2, -0.15) is 0 Å². The Morgan fingerprint density at radius 3 is 3.00 bits per heavy atom. The molecule has 15 heavy (non-hydrogen) atoms. The number of terminal acetylenes is 1. The van der Waals surface area contributed by atoms with Crippen molar-refractivity contribution in [2.45, 2.75) is 6.92 Å². The van der Waals surface area contributed by atoms with Gasteiger partial charge in [-0.05, 0) is 36.8 Å². The first-order valence-corrected chi connectivity index (χ1v) is 5.45. The number of hydrogen-bond acceptors (Lipinski definition) is 2. The van der Waals surface area contributed by atoms with Crippen LogP contribution in [0.15, 0.2) is 24.3 Å². The van der Waals surface area contributed by atoms with Gasteiger partial charge in [-0.15, -0.1) is 17.8 Å². The van der Waals surface area contributed by atoms with E-state index in [0.717, 1.165) is 5.69 Å². The molecule has 2 heteroatoms. The van der Waals surface area contributed by atoms with E-state index in [1.807, 2.05) is 24.3 Å². The van der Waals surface area contributed by atoms with Gasteiger partial charge < -0.3 is 5.73 Å². The van der Waals surface area contributed by atoms with E-state index in [9.17, 15) is 0 Å². The molecular formula is C13H11NS. The summed E-state index contributed by atoms with van der Waals surface area (Å²) >= 11 is 1.74. The van der Waals surface area contributed by atoms with Gasteiger partial charge in [-0.3, -0.25) is 0 Å². The van der Waals surface area contributed by atoms with E-state index in [1.54, 1.807) is 17.4 Å². The van der Waals surface area contributed by atoms with E-state index in [4.69, 9.17) is 12.2 Å². The number of anilines is 1. The van der Waals surface area contributed by atoms with E-state index >= 15 is 0 Å². The molecule has 0 radical (unpaired) electrons. The predicted molar refractivity (Wildman–Crippen MR) is 68.8 cm³/mol. The number of nitrogens with two attached hydrogens (primary N) is 1. The maximum absolute atomic E-state index is 5.74. The van der Waals surface area contributed by atoms with E-state index < -0.39 is 0 Å². The van der Waals surface area contributed by atoms with Crippen LogP contribution in [-0.2, 0) is 0 Å². The third-order valence-corrected chi connectivity index (χ3v) is 3.37. The van der Waals surface area contributed by atoms with Gasteiger partial charge in [0.2, 0.25) is 0 Å². The highest BCUT2D eigenvalue weighted by Crippen LogP contribution is 2.32. The summed E-state index contributed by atoms with van der Waals surface area (Å²) in [5, 5.41) is 1.22. The Hall–Kier alpha value is -1.72. The monoisotopic (exact) mass is 213 g/mol. The molecule has 0 aliphatic rings. The summed E-state index contributed by atoms with van der Waals surface area (Å²) in [7, 11) is 0. The first-order chi connectivity index (χ1) is 7.22. The van der Waals surface area contributed by atoms with Crippen molar-refractivity contribution in [3.05, 3.63) is 34.7 Å². The topological polar surface area (TPSA) is 26.0 Å². The highest BCUT2D eigenvalue weighted by molar-refractivity contribution is 7.19. The lowest BCUT2D eigenvalue weighted by Gasteiger charge is -1.94. The van der Waals surface area contributed by atoms with Crippen LogP contribution >= 0.6 is 11.3 Å². The number of hydrogen-bond donors (Lipinski definition) is 1. The zero-order valence-corrected chi connectivity index (χ0v) is 9.27. The van der Waals surface area contributed by atoms with Crippen molar-refractivity contribution in [1.29, 1.82) is 0 Å². The quantitative estimate of drug-likeness (QED) is 0.570. The Kier molecular flexibility index (Phi) is 2.49. The lowest BCUT2D eigenvalue weighted by Crippen LogP contribution is -1.81. The maximum atomic E-state index is 5.74. The molecule has 0 bridgehead atoms. The fraction of sp³-hybridized carbons (Fsp3) is 0.0769. The lowest BCUT2D eigenvalue weighted by atomic mass is 10.1. The second-order valence-electron chi connectivity index (χ2n) is 3.33. The van der Waals surface area contributed by atoms with E-state index in [-0.39, 0.29) is 0 Å². The maximum Gasteiger partial charge on any atom is 0.0372 e. The average Bonchev–Trinajstić information content (AvgIpc) is 2.50. The summed E-state index contributed by atoms with van der Waals surface area (Å²) in [5.74, 6) is 2.51.